The fraction of sp³-hybridized carbons (Fsp3) is 0.571. The molecule has 88 valence electrons. The zero-order valence-electron chi connectivity index (χ0n) is 10.3. The molecule has 0 saturated carbocycles. The Morgan fingerprint density at radius 2 is 2.00 bits per heavy atom. The first-order valence-corrected chi connectivity index (χ1v) is 6.30. The molecule has 0 radical (unpaired) electrons. The Morgan fingerprint density at radius 1 is 1.25 bits per heavy atom. The van der Waals surface area contributed by atoms with Crippen molar-refractivity contribution < 1.29 is 0 Å². The Morgan fingerprint density at radius 3 is 2.75 bits per heavy atom. The molecule has 2 heteroatoms. The van der Waals surface area contributed by atoms with Crippen LogP contribution < -0.4 is 5.32 Å². The molecule has 1 N–H and O–H groups in total. The number of nitrogens with one attached hydrogen (secondary N) is 1. The van der Waals surface area contributed by atoms with Gasteiger partial charge in [0.05, 0.1) is 0 Å². The average Bonchev–Trinajstić information content (AvgIpc) is 2.54. The van der Waals surface area contributed by atoms with Gasteiger partial charge in [-0.1, -0.05) is 30.3 Å². The van der Waals surface area contributed by atoms with Crippen LogP contribution >= 0.6 is 0 Å². The van der Waals surface area contributed by atoms with Crippen LogP contribution in [0.2, 0.25) is 0 Å². The van der Waals surface area contributed by atoms with Crippen molar-refractivity contribution in [2.75, 3.05) is 19.6 Å². The lowest BCUT2D eigenvalue weighted by Gasteiger charge is -2.27. The van der Waals surface area contributed by atoms with Crippen molar-refractivity contribution in [3.63, 3.8) is 0 Å². The average molecular weight is 218 g/mol. The standard InChI is InChI=1S/C14H22N2/c1-12-8-10-16(11-9-15-12)13(2)14-6-4-3-5-7-14/h3-7,12-13,15H,8-11H2,1-2H3. The van der Waals surface area contributed by atoms with Crippen molar-refractivity contribution >= 4 is 0 Å². The SMILES string of the molecule is CC1CCN(C(C)c2ccccc2)CCN1. The van der Waals surface area contributed by atoms with Gasteiger partial charge in [0.25, 0.3) is 0 Å². The number of benzene rings is 1. The molecule has 1 aromatic carbocycles. The zero-order valence-corrected chi connectivity index (χ0v) is 10.3. The third kappa shape index (κ3) is 2.83. The Labute approximate surface area is 98.7 Å². The molecule has 1 heterocycles. The molecule has 0 amide bonds. The van der Waals surface area contributed by atoms with Gasteiger partial charge in [0, 0.05) is 31.7 Å². The quantitative estimate of drug-likeness (QED) is 0.820. The predicted molar refractivity (Wildman–Crippen MR) is 68.5 cm³/mol. The van der Waals surface area contributed by atoms with Crippen LogP contribution in [0.5, 0.6) is 0 Å². The molecular weight excluding hydrogens is 196 g/mol. The van der Waals surface area contributed by atoms with Crippen LogP contribution in [0.1, 0.15) is 31.9 Å². The van der Waals surface area contributed by atoms with E-state index in [1.807, 2.05) is 0 Å². The summed E-state index contributed by atoms with van der Waals surface area (Å²) in [6.07, 6.45) is 1.25. The third-order valence-electron chi connectivity index (χ3n) is 3.57. The van der Waals surface area contributed by atoms with E-state index in [4.69, 9.17) is 0 Å². The molecule has 2 unspecified atom stereocenters. The van der Waals surface area contributed by atoms with Crippen molar-refractivity contribution in [3.05, 3.63) is 35.9 Å². The second kappa shape index (κ2) is 5.46. The maximum absolute atomic E-state index is 3.54. The van der Waals surface area contributed by atoms with Gasteiger partial charge in [0.2, 0.25) is 0 Å². The Balaban J connectivity index is 2.01. The van der Waals surface area contributed by atoms with Crippen LogP contribution in [0, 0.1) is 0 Å². The normalized spacial score (nSPS) is 25.0. The van der Waals surface area contributed by atoms with Gasteiger partial charge in [0.15, 0.2) is 0 Å². The van der Waals surface area contributed by atoms with Gasteiger partial charge in [-0.2, -0.15) is 0 Å². The van der Waals surface area contributed by atoms with Crippen molar-refractivity contribution in [2.24, 2.45) is 0 Å². The van der Waals surface area contributed by atoms with E-state index in [0.717, 1.165) is 13.1 Å². The number of hydrogen-bond donors (Lipinski definition) is 1. The Hall–Kier alpha value is -0.860. The van der Waals surface area contributed by atoms with Crippen molar-refractivity contribution in [3.8, 4) is 0 Å². The third-order valence-corrected chi connectivity index (χ3v) is 3.57. The molecule has 1 aliphatic rings. The second-order valence-corrected chi connectivity index (χ2v) is 4.77. The molecule has 1 aromatic rings. The number of rotatable bonds is 2. The lowest BCUT2D eigenvalue weighted by atomic mass is 10.1. The monoisotopic (exact) mass is 218 g/mol. The van der Waals surface area contributed by atoms with Gasteiger partial charge in [-0.3, -0.25) is 4.90 Å². The van der Waals surface area contributed by atoms with E-state index in [0.29, 0.717) is 12.1 Å². The molecule has 2 nitrogen and oxygen atoms in total. The highest BCUT2D eigenvalue weighted by molar-refractivity contribution is 5.18. The topological polar surface area (TPSA) is 15.3 Å². The lowest BCUT2D eigenvalue weighted by molar-refractivity contribution is 0.224. The van der Waals surface area contributed by atoms with Crippen molar-refractivity contribution in [2.45, 2.75) is 32.4 Å². The summed E-state index contributed by atoms with van der Waals surface area (Å²) >= 11 is 0. The highest BCUT2D eigenvalue weighted by atomic mass is 15.2. The zero-order chi connectivity index (χ0) is 11.4. The van der Waals surface area contributed by atoms with E-state index >= 15 is 0 Å². The second-order valence-electron chi connectivity index (χ2n) is 4.77. The summed E-state index contributed by atoms with van der Waals surface area (Å²) < 4.78 is 0. The molecule has 1 fully saturated rings. The highest BCUT2D eigenvalue weighted by Gasteiger charge is 2.18. The molecule has 0 aliphatic carbocycles. The molecule has 1 aliphatic heterocycles. The Kier molecular flexibility index (Phi) is 3.97. The van der Waals surface area contributed by atoms with Crippen molar-refractivity contribution in [1.29, 1.82) is 0 Å². The lowest BCUT2D eigenvalue weighted by Crippen LogP contribution is -2.31. The summed E-state index contributed by atoms with van der Waals surface area (Å²) in [5, 5.41) is 3.54. The van der Waals surface area contributed by atoms with Crippen LogP contribution in [-0.2, 0) is 0 Å². The van der Waals surface area contributed by atoms with Gasteiger partial charge in [-0.05, 0) is 25.8 Å². The largest absolute Gasteiger partial charge is 0.313 e. The first kappa shape index (κ1) is 11.6. The molecule has 1 saturated heterocycles. The number of hydrogen-bond acceptors (Lipinski definition) is 2. The van der Waals surface area contributed by atoms with E-state index in [-0.39, 0.29) is 0 Å². The molecule has 2 rings (SSSR count). The maximum Gasteiger partial charge on any atom is 0.0320 e. The van der Waals surface area contributed by atoms with Gasteiger partial charge in [-0.25, -0.2) is 0 Å². The van der Waals surface area contributed by atoms with Gasteiger partial charge >= 0.3 is 0 Å². The van der Waals surface area contributed by atoms with E-state index in [2.05, 4.69) is 54.4 Å². The minimum Gasteiger partial charge on any atom is -0.313 e. The van der Waals surface area contributed by atoms with Crippen molar-refractivity contribution in [1.82, 2.24) is 10.2 Å². The fourth-order valence-electron chi connectivity index (χ4n) is 2.36. The van der Waals surface area contributed by atoms with E-state index in [1.165, 1.54) is 18.5 Å². The minimum absolute atomic E-state index is 0.535. The first-order valence-electron chi connectivity index (χ1n) is 6.30. The summed E-state index contributed by atoms with van der Waals surface area (Å²) in [6, 6.07) is 12.0. The minimum atomic E-state index is 0.535. The number of nitrogens with zero attached hydrogens (tertiary/aromatic N) is 1. The molecule has 0 aromatic heterocycles. The van der Waals surface area contributed by atoms with Gasteiger partial charge in [-0.15, -0.1) is 0 Å². The van der Waals surface area contributed by atoms with Crippen LogP contribution in [0.3, 0.4) is 0 Å². The summed E-state index contributed by atoms with van der Waals surface area (Å²) in [6.45, 7) is 8.05. The molecule has 16 heavy (non-hydrogen) atoms. The molecule has 0 spiro atoms. The first-order chi connectivity index (χ1) is 7.77. The predicted octanol–water partition coefficient (Wildman–Crippen LogP) is 2.43. The summed E-state index contributed by atoms with van der Waals surface area (Å²) in [4.78, 5) is 2.58. The Bertz CT molecular complexity index is 310. The van der Waals surface area contributed by atoms with Gasteiger partial charge in [0.1, 0.15) is 0 Å². The molecule has 2 atom stereocenters. The van der Waals surface area contributed by atoms with Crippen LogP contribution in [0.15, 0.2) is 30.3 Å². The van der Waals surface area contributed by atoms with E-state index in [1.54, 1.807) is 0 Å². The molecular formula is C14H22N2. The smallest absolute Gasteiger partial charge is 0.0320 e. The van der Waals surface area contributed by atoms with E-state index in [9.17, 15) is 0 Å². The van der Waals surface area contributed by atoms with Crippen LogP contribution in [-0.4, -0.2) is 30.6 Å². The maximum atomic E-state index is 3.54. The fourth-order valence-corrected chi connectivity index (χ4v) is 2.36. The van der Waals surface area contributed by atoms with E-state index < -0.39 is 0 Å². The summed E-state index contributed by atoms with van der Waals surface area (Å²) in [5.74, 6) is 0. The molecule has 0 bridgehead atoms. The highest BCUT2D eigenvalue weighted by Crippen LogP contribution is 2.20. The van der Waals surface area contributed by atoms with Crippen LogP contribution in [0.25, 0.3) is 0 Å². The van der Waals surface area contributed by atoms with Crippen LogP contribution in [0.4, 0.5) is 0 Å². The van der Waals surface area contributed by atoms with Gasteiger partial charge < -0.3 is 5.32 Å². The summed E-state index contributed by atoms with van der Waals surface area (Å²) in [5.41, 5.74) is 1.43. The summed E-state index contributed by atoms with van der Waals surface area (Å²) in [7, 11) is 0.